The fraction of sp³-hybridized carbons (Fsp3) is 0.208. The monoisotopic (exact) mass is 411 g/mol. The first kappa shape index (κ1) is 20.2. The van der Waals surface area contributed by atoms with Crippen molar-refractivity contribution in [3.63, 3.8) is 0 Å². The Morgan fingerprint density at radius 1 is 1.23 bits per heavy atom. The van der Waals surface area contributed by atoms with Gasteiger partial charge in [0.05, 0.1) is 23.2 Å². The number of benzene rings is 1. The lowest BCUT2D eigenvalue weighted by atomic mass is 10.1. The number of aliphatic hydroxyl groups excluding tert-OH is 1. The molecule has 0 fully saturated rings. The fourth-order valence-corrected chi connectivity index (χ4v) is 3.74. The molecule has 7 heteroatoms. The molecule has 0 saturated heterocycles. The van der Waals surface area contributed by atoms with E-state index in [2.05, 4.69) is 22.1 Å². The van der Waals surface area contributed by atoms with Gasteiger partial charge in [-0.15, -0.1) is 0 Å². The lowest BCUT2D eigenvalue weighted by Crippen LogP contribution is -2.00. The van der Waals surface area contributed by atoms with Crippen molar-refractivity contribution in [2.45, 2.75) is 34.3 Å². The highest BCUT2D eigenvalue weighted by atomic mass is 16.4. The number of imidazole rings is 1. The van der Waals surface area contributed by atoms with E-state index in [4.69, 9.17) is 4.42 Å². The van der Waals surface area contributed by atoms with Gasteiger partial charge >= 0.3 is 0 Å². The number of hydrogen-bond donors (Lipinski definition) is 2. The number of nitrogens with one attached hydrogen (secondary N) is 1. The van der Waals surface area contributed by atoms with Crippen LogP contribution in [0.4, 0.5) is 0 Å². The lowest BCUT2D eigenvalue weighted by molar-refractivity contribution is 0.282. The van der Waals surface area contributed by atoms with Crippen LogP contribution in [0, 0.1) is 50.4 Å². The number of fused-ring (bicyclic) bond motifs is 1. The summed E-state index contributed by atoms with van der Waals surface area (Å²) in [7, 11) is 0. The van der Waals surface area contributed by atoms with Crippen molar-refractivity contribution in [1.82, 2.24) is 14.5 Å². The van der Waals surface area contributed by atoms with Gasteiger partial charge in [-0.2, -0.15) is 10.5 Å². The number of aryl methyl sites for hydroxylation is 2. The summed E-state index contributed by atoms with van der Waals surface area (Å²) in [4.78, 5) is 7.68. The predicted molar refractivity (Wildman–Crippen MR) is 117 cm³/mol. The Morgan fingerprint density at radius 2 is 2.00 bits per heavy atom. The van der Waals surface area contributed by atoms with Crippen LogP contribution in [-0.2, 0) is 6.61 Å². The van der Waals surface area contributed by atoms with Crippen molar-refractivity contribution in [1.29, 1.82) is 10.5 Å². The molecule has 7 nitrogen and oxygen atoms in total. The third-order valence-electron chi connectivity index (χ3n) is 5.56. The summed E-state index contributed by atoms with van der Waals surface area (Å²) in [6.45, 7) is 7.50. The Hall–Kier alpha value is -4.07. The molecule has 0 aliphatic rings. The number of rotatable bonds is 4. The summed E-state index contributed by atoms with van der Waals surface area (Å²) in [5.74, 6) is 1.66. The predicted octanol–water partition coefficient (Wildman–Crippen LogP) is 4.61. The van der Waals surface area contributed by atoms with Gasteiger partial charge in [-0.1, -0.05) is 6.07 Å². The van der Waals surface area contributed by atoms with E-state index in [0.29, 0.717) is 28.6 Å². The van der Waals surface area contributed by atoms with Gasteiger partial charge in [-0.05, 0) is 63.1 Å². The average molecular weight is 411 g/mol. The first-order valence-corrected chi connectivity index (χ1v) is 9.79. The highest BCUT2D eigenvalue weighted by Gasteiger charge is 2.20. The molecule has 31 heavy (non-hydrogen) atoms. The fourth-order valence-electron chi connectivity index (χ4n) is 3.74. The van der Waals surface area contributed by atoms with Crippen LogP contribution in [0.5, 0.6) is 0 Å². The number of hydrogen-bond acceptors (Lipinski definition) is 5. The zero-order chi connectivity index (χ0) is 22.3. The van der Waals surface area contributed by atoms with E-state index in [-0.39, 0.29) is 6.61 Å². The van der Waals surface area contributed by atoms with E-state index in [1.54, 1.807) is 12.1 Å². The van der Waals surface area contributed by atoms with Crippen molar-refractivity contribution in [3.8, 4) is 18.0 Å². The number of furan rings is 1. The highest BCUT2D eigenvalue weighted by Crippen LogP contribution is 2.30. The minimum absolute atomic E-state index is 0.0619. The number of allylic oxidation sites excluding steroid dienone is 1. The molecule has 0 saturated carbocycles. The summed E-state index contributed by atoms with van der Waals surface area (Å²) in [5, 5.41) is 28.7. The molecule has 0 radical (unpaired) electrons. The van der Waals surface area contributed by atoms with Gasteiger partial charge in [0.1, 0.15) is 29.3 Å². The van der Waals surface area contributed by atoms with E-state index in [1.807, 2.05) is 50.5 Å². The first-order chi connectivity index (χ1) is 14.9. The topological polar surface area (TPSA) is 115 Å². The van der Waals surface area contributed by atoms with Crippen LogP contribution in [0.2, 0.25) is 0 Å². The van der Waals surface area contributed by atoms with Crippen LogP contribution >= 0.6 is 0 Å². The van der Waals surface area contributed by atoms with Crippen molar-refractivity contribution in [2.75, 3.05) is 0 Å². The van der Waals surface area contributed by atoms with Gasteiger partial charge in [0.2, 0.25) is 5.88 Å². The van der Waals surface area contributed by atoms with Gasteiger partial charge in [0, 0.05) is 17.0 Å². The van der Waals surface area contributed by atoms with E-state index >= 15 is 0 Å². The Labute approximate surface area is 179 Å². The van der Waals surface area contributed by atoms with E-state index in [0.717, 1.165) is 39.1 Å². The molecule has 4 rings (SSSR count). The summed E-state index contributed by atoms with van der Waals surface area (Å²) >= 11 is 0. The number of nitriles is 2. The van der Waals surface area contributed by atoms with Crippen LogP contribution in [0.25, 0.3) is 28.6 Å². The molecule has 0 amide bonds. The van der Waals surface area contributed by atoms with Crippen molar-refractivity contribution in [3.05, 3.63) is 69.5 Å². The SMILES string of the molecule is Cc1oc(-n2c(C)cc(C=C(C#N)c3nc4ccc(CO)cc4[nH]3)c2C)c(C#N)c1C. The van der Waals surface area contributed by atoms with Crippen LogP contribution < -0.4 is 0 Å². The second kappa shape index (κ2) is 7.64. The summed E-state index contributed by atoms with van der Waals surface area (Å²) in [6.07, 6.45) is 1.78. The van der Waals surface area contributed by atoms with E-state index in [9.17, 15) is 15.6 Å². The van der Waals surface area contributed by atoms with Crippen molar-refractivity contribution in [2.24, 2.45) is 0 Å². The molecule has 0 unspecified atom stereocenters. The number of aliphatic hydroxyl groups is 1. The lowest BCUT2D eigenvalue weighted by Gasteiger charge is -2.06. The van der Waals surface area contributed by atoms with Crippen LogP contribution in [0.1, 0.15) is 45.2 Å². The van der Waals surface area contributed by atoms with E-state index < -0.39 is 0 Å². The van der Waals surface area contributed by atoms with Gasteiger partial charge in [0.25, 0.3) is 0 Å². The second-order valence-corrected chi connectivity index (χ2v) is 7.50. The van der Waals surface area contributed by atoms with Gasteiger partial charge < -0.3 is 14.5 Å². The third-order valence-corrected chi connectivity index (χ3v) is 5.56. The van der Waals surface area contributed by atoms with E-state index in [1.165, 1.54) is 0 Å². The maximum Gasteiger partial charge on any atom is 0.222 e. The number of aromatic nitrogens is 3. The zero-order valence-electron chi connectivity index (χ0n) is 17.7. The normalized spacial score (nSPS) is 11.6. The minimum atomic E-state index is -0.0619. The third kappa shape index (κ3) is 3.31. The molecule has 0 aliphatic heterocycles. The van der Waals surface area contributed by atoms with Gasteiger partial charge in [-0.3, -0.25) is 4.57 Å². The summed E-state index contributed by atoms with van der Waals surface area (Å²) in [6, 6.07) is 11.8. The Kier molecular flexibility index (Phi) is 4.98. The Balaban J connectivity index is 1.82. The molecule has 2 N–H and O–H groups in total. The number of H-pyrrole nitrogens is 1. The average Bonchev–Trinajstić information content (AvgIpc) is 3.39. The Bertz CT molecular complexity index is 1430. The molecule has 3 heterocycles. The molecule has 1 aromatic carbocycles. The molecule has 4 aromatic rings. The van der Waals surface area contributed by atoms with Gasteiger partial charge in [-0.25, -0.2) is 4.98 Å². The molecular weight excluding hydrogens is 390 g/mol. The molecule has 0 bridgehead atoms. The molecule has 0 spiro atoms. The maximum absolute atomic E-state index is 9.79. The largest absolute Gasteiger partial charge is 0.443 e. The molecule has 154 valence electrons. The number of nitrogens with zero attached hydrogens (tertiary/aromatic N) is 4. The molecule has 0 atom stereocenters. The standard InChI is InChI=1S/C24H21N5O2/c1-13-7-18(15(3)29(13)24-20(11-26)14(2)16(4)31-24)9-19(10-25)23-27-21-6-5-17(12-30)8-22(21)28-23/h5-9,30H,12H2,1-4H3,(H,27,28). The quantitative estimate of drug-likeness (QED) is 0.476. The smallest absolute Gasteiger partial charge is 0.222 e. The molecular formula is C24H21N5O2. The van der Waals surface area contributed by atoms with Crippen LogP contribution in [0.15, 0.2) is 28.7 Å². The minimum Gasteiger partial charge on any atom is -0.443 e. The van der Waals surface area contributed by atoms with Crippen molar-refractivity contribution >= 4 is 22.7 Å². The van der Waals surface area contributed by atoms with Gasteiger partial charge in [0.15, 0.2) is 0 Å². The Morgan fingerprint density at radius 3 is 2.68 bits per heavy atom. The summed E-state index contributed by atoms with van der Waals surface area (Å²) < 4.78 is 7.79. The van der Waals surface area contributed by atoms with Crippen LogP contribution in [0.3, 0.4) is 0 Å². The molecule has 0 aliphatic carbocycles. The zero-order valence-corrected chi connectivity index (χ0v) is 17.7. The highest BCUT2D eigenvalue weighted by molar-refractivity contribution is 5.91. The number of aromatic amines is 1. The maximum atomic E-state index is 9.79. The van der Waals surface area contributed by atoms with Crippen LogP contribution in [-0.4, -0.2) is 19.6 Å². The summed E-state index contributed by atoms with van der Waals surface area (Å²) in [5.41, 5.74) is 6.54. The molecule has 3 aromatic heterocycles. The second-order valence-electron chi connectivity index (χ2n) is 7.50. The first-order valence-electron chi connectivity index (χ1n) is 9.79. The van der Waals surface area contributed by atoms with Crippen molar-refractivity contribution < 1.29 is 9.52 Å².